The summed E-state index contributed by atoms with van der Waals surface area (Å²) in [6.07, 6.45) is -0.789. The first-order chi connectivity index (χ1) is 9.25. The molecule has 2 aromatic rings. The van der Waals surface area contributed by atoms with Crippen molar-refractivity contribution in [3.8, 4) is 16.9 Å². The summed E-state index contributed by atoms with van der Waals surface area (Å²) >= 11 is 0. The molecule has 0 aromatic heterocycles. The van der Waals surface area contributed by atoms with E-state index in [2.05, 4.69) is 16.9 Å². The lowest BCUT2D eigenvalue weighted by atomic mass is 10.1. The number of primary amides is 1. The van der Waals surface area contributed by atoms with Crippen LogP contribution in [0.15, 0.2) is 54.6 Å². The first-order valence-electron chi connectivity index (χ1n) is 5.96. The van der Waals surface area contributed by atoms with Crippen molar-refractivity contribution in [1.29, 1.82) is 0 Å². The van der Waals surface area contributed by atoms with Crippen LogP contribution < -0.4 is 10.5 Å². The van der Waals surface area contributed by atoms with Gasteiger partial charge in [-0.3, -0.25) is 0 Å². The average molecular weight is 257 g/mol. The first-order valence-corrected chi connectivity index (χ1v) is 5.96. The third-order valence-corrected chi connectivity index (χ3v) is 2.56. The molecule has 2 aromatic carbocycles. The Morgan fingerprint density at radius 1 is 0.895 bits per heavy atom. The van der Waals surface area contributed by atoms with Gasteiger partial charge < -0.3 is 15.2 Å². The van der Waals surface area contributed by atoms with Gasteiger partial charge in [0.2, 0.25) is 0 Å². The van der Waals surface area contributed by atoms with E-state index >= 15 is 0 Å². The van der Waals surface area contributed by atoms with Crippen LogP contribution in [0.4, 0.5) is 4.79 Å². The number of nitrogens with two attached hydrogens (primary N) is 1. The van der Waals surface area contributed by atoms with Gasteiger partial charge in [0, 0.05) is 0 Å². The van der Waals surface area contributed by atoms with Gasteiger partial charge in [0.25, 0.3) is 0 Å². The van der Waals surface area contributed by atoms with Crippen molar-refractivity contribution in [1.82, 2.24) is 0 Å². The van der Waals surface area contributed by atoms with E-state index in [-0.39, 0.29) is 13.2 Å². The molecule has 0 radical (unpaired) electrons. The Kier molecular flexibility index (Phi) is 4.39. The number of carbonyl (C=O) groups excluding carboxylic acids is 1. The van der Waals surface area contributed by atoms with Crippen LogP contribution in [0.2, 0.25) is 0 Å². The monoisotopic (exact) mass is 257 g/mol. The molecule has 1 amide bonds. The van der Waals surface area contributed by atoms with Crippen molar-refractivity contribution in [2.45, 2.75) is 0 Å². The molecule has 0 aliphatic carbocycles. The third kappa shape index (κ3) is 4.03. The SMILES string of the molecule is NC(=O)OCCOc1ccc(-c2ccccc2)cc1. The molecule has 0 aliphatic heterocycles. The molecular formula is C15H15NO3. The van der Waals surface area contributed by atoms with Crippen LogP contribution in [0, 0.1) is 0 Å². The second-order valence-corrected chi connectivity index (χ2v) is 3.91. The van der Waals surface area contributed by atoms with E-state index in [1.165, 1.54) is 0 Å². The second kappa shape index (κ2) is 6.44. The normalized spacial score (nSPS) is 9.89. The Bertz CT molecular complexity index is 523. The van der Waals surface area contributed by atoms with Gasteiger partial charge in [-0.25, -0.2) is 4.79 Å². The fraction of sp³-hybridized carbons (Fsp3) is 0.133. The summed E-state index contributed by atoms with van der Waals surface area (Å²) in [6.45, 7) is 0.434. The molecule has 4 nitrogen and oxygen atoms in total. The van der Waals surface area contributed by atoms with E-state index in [0.29, 0.717) is 0 Å². The number of hydrogen-bond acceptors (Lipinski definition) is 3. The zero-order valence-electron chi connectivity index (χ0n) is 10.4. The van der Waals surface area contributed by atoms with Crippen molar-refractivity contribution in [2.24, 2.45) is 5.73 Å². The quantitative estimate of drug-likeness (QED) is 0.838. The number of rotatable bonds is 5. The fourth-order valence-electron chi connectivity index (χ4n) is 1.68. The smallest absolute Gasteiger partial charge is 0.404 e. The predicted octanol–water partition coefficient (Wildman–Crippen LogP) is 2.83. The largest absolute Gasteiger partial charge is 0.490 e. The van der Waals surface area contributed by atoms with Crippen LogP contribution in [0.1, 0.15) is 0 Å². The van der Waals surface area contributed by atoms with Gasteiger partial charge in [-0.05, 0) is 23.3 Å². The molecule has 0 atom stereocenters. The molecule has 19 heavy (non-hydrogen) atoms. The number of benzene rings is 2. The molecule has 0 aliphatic rings. The molecule has 0 fully saturated rings. The Hall–Kier alpha value is -2.49. The van der Waals surface area contributed by atoms with E-state index in [4.69, 9.17) is 10.5 Å². The zero-order valence-corrected chi connectivity index (χ0v) is 10.4. The lowest BCUT2D eigenvalue weighted by Gasteiger charge is -2.07. The van der Waals surface area contributed by atoms with Crippen LogP contribution in [0.3, 0.4) is 0 Å². The topological polar surface area (TPSA) is 61.6 Å². The zero-order chi connectivity index (χ0) is 13.5. The lowest BCUT2D eigenvalue weighted by Crippen LogP contribution is -2.17. The Labute approximate surface area is 111 Å². The van der Waals surface area contributed by atoms with Gasteiger partial charge in [0.05, 0.1) is 0 Å². The van der Waals surface area contributed by atoms with Gasteiger partial charge in [0.1, 0.15) is 19.0 Å². The highest BCUT2D eigenvalue weighted by Gasteiger charge is 1.99. The van der Waals surface area contributed by atoms with Gasteiger partial charge in [0.15, 0.2) is 0 Å². The molecule has 0 saturated heterocycles. The minimum Gasteiger partial charge on any atom is -0.490 e. The summed E-state index contributed by atoms with van der Waals surface area (Å²) in [4.78, 5) is 10.4. The summed E-state index contributed by atoms with van der Waals surface area (Å²) in [5.74, 6) is 0.729. The minimum atomic E-state index is -0.789. The highest BCUT2D eigenvalue weighted by molar-refractivity contribution is 5.64. The molecular weight excluding hydrogens is 242 g/mol. The maximum atomic E-state index is 10.4. The van der Waals surface area contributed by atoms with E-state index in [1.807, 2.05) is 42.5 Å². The highest BCUT2D eigenvalue weighted by atomic mass is 16.6. The Morgan fingerprint density at radius 2 is 1.53 bits per heavy atom. The van der Waals surface area contributed by atoms with Crippen molar-refractivity contribution in [3.05, 3.63) is 54.6 Å². The fourth-order valence-corrected chi connectivity index (χ4v) is 1.68. The van der Waals surface area contributed by atoms with Crippen LogP contribution in [0.5, 0.6) is 5.75 Å². The van der Waals surface area contributed by atoms with Crippen LogP contribution in [0.25, 0.3) is 11.1 Å². The maximum absolute atomic E-state index is 10.4. The molecule has 0 bridgehead atoms. The van der Waals surface area contributed by atoms with E-state index in [0.717, 1.165) is 16.9 Å². The first kappa shape index (κ1) is 13.0. The van der Waals surface area contributed by atoms with Gasteiger partial charge in [-0.15, -0.1) is 0 Å². The summed E-state index contributed by atoms with van der Waals surface area (Å²) in [5.41, 5.74) is 7.12. The summed E-state index contributed by atoms with van der Waals surface area (Å²) in [5, 5.41) is 0. The van der Waals surface area contributed by atoms with Crippen LogP contribution in [-0.4, -0.2) is 19.3 Å². The van der Waals surface area contributed by atoms with Crippen molar-refractivity contribution in [2.75, 3.05) is 13.2 Å². The Morgan fingerprint density at radius 3 is 2.16 bits per heavy atom. The van der Waals surface area contributed by atoms with Crippen molar-refractivity contribution < 1.29 is 14.3 Å². The second-order valence-electron chi connectivity index (χ2n) is 3.91. The molecule has 4 heteroatoms. The van der Waals surface area contributed by atoms with Crippen molar-refractivity contribution >= 4 is 6.09 Å². The number of amides is 1. The van der Waals surface area contributed by atoms with Crippen LogP contribution >= 0.6 is 0 Å². The number of carbonyl (C=O) groups is 1. The molecule has 98 valence electrons. The number of ether oxygens (including phenoxy) is 2. The molecule has 0 heterocycles. The number of hydrogen-bond donors (Lipinski definition) is 1. The molecule has 0 saturated carbocycles. The predicted molar refractivity (Wildman–Crippen MR) is 72.9 cm³/mol. The summed E-state index contributed by atoms with van der Waals surface area (Å²) < 4.78 is 9.98. The molecule has 0 unspecified atom stereocenters. The van der Waals surface area contributed by atoms with E-state index in [1.54, 1.807) is 0 Å². The lowest BCUT2D eigenvalue weighted by molar-refractivity contribution is 0.134. The maximum Gasteiger partial charge on any atom is 0.404 e. The third-order valence-electron chi connectivity index (χ3n) is 2.56. The van der Waals surface area contributed by atoms with Crippen molar-refractivity contribution in [3.63, 3.8) is 0 Å². The molecule has 0 spiro atoms. The summed E-state index contributed by atoms with van der Waals surface area (Å²) in [6, 6.07) is 17.8. The minimum absolute atomic E-state index is 0.149. The van der Waals surface area contributed by atoms with E-state index in [9.17, 15) is 4.79 Å². The average Bonchev–Trinajstić information content (AvgIpc) is 2.45. The standard InChI is InChI=1S/C15H15NO3/c16-15(17)19-11-10-18-14-8-6-13(7-9-14)12-4-2-1-3-5-12/h1-9H,10-11H2,(H2,16,17). The molecule has 2 N–H and O–H groups in total. The Balaban J connectivity index is 1.90. The van der Waals surface area contributed by atoms with Gasteiger partial charge in [-0.1, -0.05) is 42.5 Å². The van der Waals surface area contributed by atoms with Crippen LogP contribution in [-0.2, 0) is 4.74 Å². The highest BCUT2D eigenvalue weighted by Crippen LogP contribution is 2.21. The van der Waals surface area contributed by atoms with Gasteiger partial charge >= 0.3 is 6.09 Å². The summed E-state index contributed by atoms with van der Waals surface area (Å²) in [7, 11) is 0. The molecule has 2 rings (SSSR count). The van der Waals surface area contributed by atoms with E-state index < -0.39 is 6.09 Å². The van der Waals surface area contributed by atoms with Gasteiger partial charge in [-0.2, -0.15) is 0 Å².